The molecule has 69 heavy (non-hydrogen) atoms. The predicted molar refractivity (Wildman–Crippen MR) is 260 cm³/mol. The molecule has 4 aromatic rings. The number of aromatic nitrogens is 5. The summed E-state index contributed by atoms with van der Waals surface area (Å²) < 4.78 is 1.66. The highest BCUT2D eigenvalue weighted by atomic mass is 16.2. The van der Waals surface area contributed by atoms with Crippen LogP contribution in [0.2, 0.25) is 0 Å². The number of anilines is 4. The van der Waals surface area contributed by atoms with Crippen molar-refractivity contribution in [3.63, 3.8) is 0 Å². The summed E-state index contributed by atoms with van der Waals surface area (Å²) in [6.07, 6.45) is 6.68. The van der Waals surface area contributed by atoms with Crippen molar-refractivity contribution in [1.82, 2.24) is 39.9 Å². The van der Waals surface area contributed by atoms with E-state index >= 15 is 0 Å². The average Bonchev–Trinajstić information content (AvgIpc) is 4.09. The molecule has 6 aliphatic heterocycles. The Hall–Kier alpha value is -6.66. The number of likely N-dealkylation sites (tertiary alicyclic amines) is 1. The highest BCUT2D eigenvalue weighted by Gasteiger charge is 2.45. The van der Waals surface area contributed by atoms with Crippen molar-refractivity contribution in [2.45, 2.75) is 77.4 Å². The lowest BCUT2D eigenvalue weighted by molar-refractivity contribution is -0.132. The smallest absolute Gasteiger partial charge is 0.262 e. The summed E-state index contributed by atoms with van der Waals surface area (Å²) in [5, 5.41) is 15.2. The van der Waals surface area contributed by atoms with Crippen LogP contribution in [0.5, 0.6) is 0 Å². The Balaban J connectivity index is 0.627. The molecule has 0 spiro atoms. The van der Waals surface area contributed by atoms with Crippen LogP contribution in [0.3, 0.4) is 0 Å². The summed E-state index contributed by atoms with van der Waals surface area (Å²) in [6, 6.07) is 14.5. The number of hydrogen-bond acceptors (Lipinski definition) is 15. The predicted octanol–water partition coefficient (Wildman–Crippen LogP) is 4.38. The van der Waals surface area contributed by atoms with Gasteiger partial charge in [0.25, 0.3) is 17.7 Å². The molecular weight excluding hydrogens is 875 g/mol. The van der Waals surface area contributed by atoms with Gasteiger partial charge in [0.2, 0.25) is 5.95 Å². The fourth-order valence-corrected chi connectivity index (χ4v) is 11.7. The molecule has 358 valence electrons. The Morgan fingerprint density at radius 3 is 2.25 bits per heavy atom. The summed E-state index contributed by atoms with van der Waals surface area (Å²) in [5.41, 5.74) is 7.85. The number of rotatable bonds is 10. The number of carbonyl (C=O) groups is 5. The van der Waals surface area contributed by atoms with Crippen LogP contribution in [-0.4, -0.2) is 153 Å². The van der Waals surface area contributed by atoms with Gasteiger partial charge in [0, 0.05) is 100 Å². The first-order valence-corrected chi connectivity index (χ1v) is 24.7. The van der Waals surface area contributed by atoms with Gasteiger partial charge in [-0.1, -0.05) is 11.2 Å². The van der Waals surface area contributed by atoms with E-state index in [9.17, 15) is 24.0 Å². The van der Waals surface area contributed by atoms with E-state index in [-0.39, 0.29) is 42.8 Å². The number of tetrazole rings is 1. The summed E-state index contributed by atoms with van der Waals surface area (Å²) in [4.78, 5) is 87.4. The summed E-state index contributed by atoms with van der Waals surface area (Å²) in [7, 11) is 1.86. The van der Waals surface area contributed by atoms with E-state index in [1.165, 1.54) is 12.8 Å². The van der Waals surface area contributed by atoms with Gasteiger partial charge < -0.3 is 24.9 Å². The Bertz CT molecular complexity index is 2800. The largest absolute Gasteiger partial charge is 0.371 e. The fourth-order valence-electron chi connectivity index (χ4n) is 11.7. The highest BCUT2D eigenvalue weighted by Crippen LogP contribution is 2.36. The molecule has 1 unspecified atom stereocenters. The van der Waals surface area contributed by atoms with Crippen LogP contribution in [0.4, 0.5) is 23.1 Å². The summed E-state index contributed by atoms with van der Waals surface area (Å²) in [6.45, 7) is 14.6. The molecular formula is C51H59N13O5. The molecule has 4 fully saturated rings. The molecule has 0 radical (unpaired) electrons. The minimum atomic E-state index is -0.850. The van der Waals surface area contributed by atoms with Gasteiger partial charge in [0.15, 0.2) is 5.78 Å². The lowest BCUT2D eigenvalue weighted by Gasteiger charge is -2.41. The van der Waals surface area contributed by atoms with Gasteiger partial charge in [-0.15, -0.1) is 0 Å². The van der Waals surface area contributed by atoms with Gasteiger partial charge in [-0.25, -0.2) is 9.67 Å². The Morgan fingerprint density at radius 2 is 1.49 bits per heavy atom. The highest BCUT2D eigenvalue weighted by molar-refractivity contribution is 6.24. The number of nitrogens with zero attached hydrogens (tertiary/aromatic N) is 12. The van der Waals surface area contributed by atoms with E-state index in [0.29, 0.717) is 46.7 Å². The number of allylic oxidation sites excluding steroid dienone is 1. The van der Waals surface area contributed by atoms with E-state index in [1.807, 2.05) is 68.4 Å². The summed E-state index contributed by atoms with van der Waals surface area (Å²) in [5.74, 6) is 1.37. The average molecular weight is 934 g/mol. The number of aliphatic imine (C=N–C) groups is 1. The molecule has 7 aliphatic rings. The minimum absolute atomic E-state index is 0.132. The van der Waals surface area contributed by atoms with Crippen molar-refractivity contribution in [1.29, 1.82) is 0 Å². The van der Waals surface area contributed by atoms with Crippen molar-refractivity contribution < 1.29 is 24.0 Å². The number of benzene rings is 2. The number of piperazine rings is 1. The standard InChI is InChI=1S/C51H59N13O5/c1-31-46(32(2)64-51(58(31)3)55-56-57-64)48(67)54-37-5-4-36-28-53-47(41(36)25-37)35-10-15-52-45(24-35)62-22-20-60(21-23-62)30-33-11-16-59(17-12-33)29-34-13-18-61(19-14-34)38-6-8-40-42(26-38)50(69)63(49(40)68)43-9-7-39(65)27-44(43)66/h4-6,8,10,15,24-26,32-34,43H,7,9,11-14,16-23,27-30H2,1-3H3,(H,54,67)/t32-,43?/m0/s1. The maximum absolute atomic E-state index is 13.7. The van der Waals surface area contributed by atoms with E-state index in [1.54, 1.807) is 10.7 Å². The van der Waals surface area contributed by atoms with Crippen molar-refractivity contribution >= 4 is 58.1 Å². The molecule has 1 saturated carbocycles. The Morgan fingerprint density at radius 1 is 0.768 bits per heavy atom. The number of nitrogens with one attached hydrogen (secondary N) is 1. The maximum atomic E-state index is 13.7. The first kappa shape index (κ1) is 44.8. The number of ketones is 2. The van der Waals surface area contributed by atoms with Crippen LogP contribution in [0, 0.1) is 11.8 Å². The van der Waals surface area contributed by atoms with Gasteiger partial charge in [0.1, 0.15) is 11.6 Å². The molecule has 11 rings (SSSR count). The SMILES string of the molecule is CC1=C(C(=O)Nc2ccc3c(c2)C(c2ccnc(N4CCN(CC5CCN(CC6CCN(c7ccc8c(c7)C(=O)N(C7CCC(=O)CC7=O)C8=O)CC6)CC5)CC4)c2)=NC3)[C@H](C)n2nnnc2N1C. The van der Waals surface area contributed by atoms with Crippen LogP contribution in [0.1, 0.15) is 102 Å². The topological polar surface area (TPSA) is 186 Å². The quantitative estimate of drug-likeness (QED) is 0.175. The molecule has 2 aromatic carbocycles. The zero-order valence-electron chi connectivity index (χ0n) is 39.6. The molecule has 0 bridgehead atoms. The molecule has 2 atom stereocenters. The van der Waals surface area contributed by atoms with Crippen LogP contribution < -0.4 is 20.0 Å². The van der Waals surface area contributed by atoms with Crippen molar-refractivity contribution in [3.05, 3.63) is 93.8 Å². The maximum Gasteiger partial charge on any atom is 0.262 e. The first-order chi connectivity index (χ1) is 33.5. The van der Waals surface area contributed by atoms with Gasteiger partial charge >= 0.3 is 0 Å². The third-order valence-electron chi connectivity index (χ3n) is 15.8. The second-order valence-corrected chi connectivity index (χ2v) is 20.0. The lowest BCUT2D eigenvalue weighted by Crippen LogP contribution is -2.49. The summed E-state index contributed by atoms with van der Waals surface area (Å²) >= 11 is 0. The van der Waals surface area contributed by atoms with E-state index in [4.69, 9.17) is 9.98 Å². The molecule has 1 N–H and O–H groups in total. The van der Waals surface area contributed by atoms with Crippen molar-refractivity contribution in [2.24, 2.45) is 16.8 Å². The molecule has 18 nitrogen and oxygen atoms in total. The second-order valence-electron chi connectivity index (χ2n) is 20.0. The van der Waals surface area contributed by atoms with Gasteiger partial charge in [-0.3, -0.25) is 38.8 Å². The minimum Gasteiger partial charge on any atom is -0.371 e. The van der Waals surface area contributed by atoms with E-state index in [0.717, 1.165) is 123 Å². The van der Waals surface area contributed by atoms with Crippen LogP contribution in [0.15, 0.2) is 71.0 Å². The van der Waals surface area contributed by atoms with Crippen molar-refractivity contribution in [2.75, 3.05) is 92.5 Å². The molecule has 2 aromatic heterocycles. The molecule has 3 amide bonds. The zero-order chi connectivity index (χ0) is 47.5. The number of piperidine rings is 2. The lowest BCUT2D eigenvalue weighted by atomic mass is 9.92. The van der Waals surface area contributed by atoms with Gasteiger partial charge in [-0.2, -0.15) is 0 Å². The molecule has 18 heteroatoms. The van der Waals surface area contributed by atoms with Gasteiger partial charge in [0.05, 0.1) is 47.5 Å². The molecule has 8 heterocycles. The molecule has 1 aliphatic carbocycles. The van der Waals surface area contributed by atoms with Gasteiger partial charge in [-0.05, 0) is 129 Å². The number of carbonyl (C=O) groups excluding carboxylic acids is 5. The van der Waals surface area contributed by atoms with Crippen LogP contribution in [-0.2, 0) is 20.9 Å². The number of imide groups is 1. The monoisotopic (exact) mass is 933 g/mol. The zero-order valence-corrected chi connectivity index (χ0v) is 39.6. The number of fused-ring (bicyclic) bond motifs is 3. The number of Topliss-reactive ketones (excluding diaryl/α,β-unsaturated/α-hetero) is 2. The number of hydrogen-bond donors (Lipinski definition) is 1. The fraction of sp³-hybridized carbons (Fsp3) is 0.490. The number of pyridine rings is 1. The Labute approximate surface area is 401 Å². The Kier molecular flexibility index (Phi) is 11.9. The third-order valence-corrected chi connectivity index (χ3v) is 15.8. The van der Waals surface area contributed by atoms with E-state index in [2.05, 4.69) is 46.5 Å². The first-order valence-electron chi connectivity index (χ1n) is 24.7. The number of amides is 3. The third kappa shape index (κ3) is 8.51. The normalized spacial score (nSPS) is 22.9. The van der Waals surface area contributed by atoms with E-state index < -0.39 is 17.9 Å². The molecule has 3 saturated heterocycles. The second kappa shape index (κ2) is 18.3. The van der Waals surface area contributed by atoms with Crippen LogP contribution >= 0.6 is 0 Å². The van der Waals surface area contributed by atoms with Crippen molar-refractivity contribution in [3.8, 4) is 0 Å². The van der Waals surface area contributed by atoms with Crippen LogP contribution in [0.25, 0.3) is 0 Å².